The van der Waals surface area contributed by atoms with Gasteiger partial charge in [0.15, 0.2) is 11.5 Å². The first-order valence-corrected chi connectivity index (χ1v) is 9.53. The van der Waals surface area contributed by atoms with Gasteiger partial charge in [-0.25, -0.2) is 4.79 Å². The van der Waals surface area contributed by atoms with Crippen molar-refractivity contribution in [2.75, 3.05) is 6.79 Å². The van der Waals surface area contributed by atoms with Gasteiger partial charge in [-0.15, -0.1) is 0 Å². The van der Waals surface area contributed by atoms with Crippen molar-refractivity contribution < 1.29 is 19.1 Å². The van der Waals surface area contributed by atoms with E-state index in [1.54, 1.807) is 6.92 Å². The molecule has 3 aromatic rings. The van der Waals surface area contributed by atoms with Gasteiger partial charge in [0.25, 0.3) is 5.91 Å². The lowest BCUT2D eigenvalue weighted by atomic mass is 9.92. The van der Waals surface area contributed by atoms with E-state index in [0.29, 0.717) is 17.9 Å². The summed E-state index contributed by atoms with van der Waals surface area (Å²) in [6.07, 6.45) is 0.375. The number of fused-ring (bicyclic) bond motifs is 2. The molecule has 29 heavy (non-hydrogen) atoms. The summed E-state index contributed by atoms with van der Waals surface area (Å²) in [6, 6.07) is 19.1. The summed E-state index contributed by atoms with van der Waals surface area (Å²) in [7, 11) is 0. The Morgan fingerprint density at radius 2 is 1.79 bits per heavy atom. The normalized spacial score (nSPS) is 20.4. The van der Waals surface area contributed by atoms with Crippen LogP contribution in [0, 0.1) is 0 Å². The minimum Gasteiger partial charge on any atom is -0.454 e. The minimum atomic E-state index is -1.00. The van der Waals surface area contributed by atoms with Crippen LogP contribution in [-0.4, -0.2) is 29.2 Å². The summed E-state index contributed by atoms with van der Waals surface area (Å²) < 4.78 is 10.8. The largest absolute Gasteiger partial charge is 0.454 e. The van der Waals surface area contributed by atoms with Crippen LogP contribution in [0.2, 0.25) is 0 Å². The number of hydrogen-bond donors (Lipinski definition) is 1. The third-order valence-electron chi connectivity index (χ3n) is 5.55. The number of amides is 3. The minimum absolute atomic E-state index is 0.199. The van der Waals surface area contributed by atoms with E-state index in [0.717, 1.165) is 21.9 Å². The number of imide groups is 1. The van der Waals surface area contributed by atoms with E-state index in [2.05, 4.69) is 5.32 Å². The van der Waals surface area contributed by atoms with Crippen molar-refractivity contribution in [3.8, 4) is 11.5 Å². The van der Waals surface area contributed by atoms with Gasteiger partial charge in [-0.1, -0.05) is 48.5 Å². The van der Waals surface area contributed by atoms with Crippen molar-refractivity contribution in [2.24, 2.45) is 0 Å². The van der Waals surface area contributed by atoms with Gasteiger partial charge in [-0.3, -0.25) is 9.69 Å². The van der Waals surface area contributed by atoms with Crippen LogP contribution in [0.3, 0.4) is 0 Å². The zero-order chi connectivity index (χ0) is 20.0. The van der Waals surface area contributed by atoms with Crippen LogP contribution in [0.1, 0.15) is 18.1 Å². The van der Waals surface area contributed by atoms with Crippen molar-refractivity contribution >= 4 is 22.7 Å². The highest BCUT2D eigenvalue weighted by atomic mass is 16.7. The summed E-state index contributed by atoms with van der Waals surface area (Å²) in [5, 5.41) is 5.01. The second-order valence-electron chi connectivity index (χ2n) is 7.66. The Morgan fingerprint density at radius 1 is 1.00 bits per heavy atom. The summed E-state index contributed by atoms with van der Waals surface area (Å²) in [4.78, 5) is 27.2. The average molecular weight is 388 g/mol. The first-order valence-electron chi connectivity index (χ1n) is 9.53. The number of benzene rings is 3. The molecule has 2 aliphatic heterocycles. The van der Waals surface area contributed by atoms with Gasteiger partial charge in [-0.05, 0) is 41.0 Å². The number of nitrogens with one attached hydrogen (secondary N) is 1. The predicted octanol–water partition coefficient (Wildman–Crippen LogP) is 3.62. The van der Waals surface area contributed by atoms with Crippen LogP contribution < -0.4 is 14.8 Å². The number of urea groups is 1. The molecule has 3 amide bonds. The lowest BCUT2D eigenvalue weighted by molar-refractivity contribution is -0.131. The van der Waals surface area contributed by atoms with Crippen molar-refractivity contribution in [1.82, 2.24) is 10.2 Å². The number of ether oxygens (including phenoxy) is 2. The molecule has 0 spiro atoms. The molecule has 5 rings (SSSR count). The van der Waals surface area contributed by atoms with Gasteiger partial charge in [-0.2, -0.15) is 0 Å². The third-order valence-corrected chi connectivity index (χ3v) is 5.55. The van der Waals surface area contributed by atoms with Gasteiger partial charge in [0, 0.05) is 6.42 Å². The second-order valence-corrected chi connectivity index (χ2v) is 7.66. The van der Waals surface area contributed by atoms with Crippen LogP contribution in [0.25, 0.3) is 10.8 Å². The molecular weight excluding hydrogens is 368 g/mol. The maximum Gasteiger partial charge on any atom is 0.325 e. The lowest BCUT2D eigenvalue weighted by Gasteiger charge is -2.22. The number of rotatable bonds is 4. The molecular formula is C23H20N2O4. The average Bonchev–Trinajstić information content (AvgIpc) is 3.26. The van der Waals surface area contributed by atoms with E-state index in [-0.39, 0.29) is 25.3 Å². The molecule has 0 aromatic heterocycles. The van der Waals surface area contributed by atoms with E-state index < -0.39 is 5.54 Å². The summed E-state index contributed by atoms with van der Waals surface area (Å²) >= 11 is 0. The maximum absolute atomic E-state index is 13.2. The summed E-state index contributed by atoms with van der Waals surface area (Å²) in [6.45, 7) is 2.20. The third kappa shape index (κ3) is 2.97. The van der Waals surface area contributed by atoms with Crippen LogP contribution in [0.4, 0.5) is 4.79 Å². The standard InChI is InChI=1S/C23H20N2O4/c1-23(12-15-9-10-19-20(11-15)29-14-28-19)21(26)25(22(27)24-23)13-17-7-4-6-16-5-2-3-8-18(16)17/h2-11H,12-14H2,1H3,(H,24,27)/t23-/m0/s1. The monoisotopic (exact) mass is 388 g/mol. The molecule has 0 bridgehead atoms. The van der Waals surface area contributed by atoms with Crippen molar-refractivity contribution in [3.05, 3.63) is 71.8 Å². The van der Waals surface area contributed by atoms with Gasteiger partial charge in [0.2, 0.25) is 6.79 Å². The number of hydrogen-bond acceptors (Lipinski definition) is 4. The van der Waals surface area contributed by atoms with E-state index >= 15 is 0 Å². The van der Waals surface area contributed by atoms with E-state index in [4.69, 9.17) is 9.47 Å². The van der Waals surface area contributed by atoms with Crippen LogP contribution >= 0.6 is 0 Å². The predicted molar refractivity (Wildman–Crippen MR) is 108 cm³/mol. The molecule has 1 atom stereocenters. The highest BCUT2D eigenvalue weighted by molar-refractivity contribution is 6.07. The Bertz CT molecular complexity index is 1140. The van der Waals surface area contributed by atoms with Gasteiger partial charge in [0.1, 0.15) is 5.54 Å². The lowest BCUT2D eigenvalue weighted by Crippen LogP contribution is -2.45. The molecule has 6 heteroatoms. The molecule has 2 aliphatic rings. The second kappa shape index (κ2) is 6.51. The Hall–Kier alpha value is -3.54. The molecule has 3 aromatic carbocycles. The Kier molecular flexibility index (Phi) is 3.94. The Labute approximate surface area is 168 Å². The molecule has 1 fully saturated rings. The highest BCUT2D eigenvalue weighted by Crippen LogP contribution is 2.34. The topological polar surface area (TPSA) is 67.9 Å². The fourth-order valence-corrected chi connectivity index (χ4v) is 4.07. The SMILES string of the molecule is C[C@@]1(Cc2ccc3c(c2)OCO3)NC(=O)N(Cc2cccc3ccccc23)C1=O. The van der Waals surface area contributed by atoms with E-state index in [9.17, 15) is 9.59 Å². The summed E-state index contributed by atoms with van der Waals surface area (Å²) in [5.74, 6) is 1.13. The Balaban J connectivity index is 1.40. The smallest absolute Gasteiger partial charge is 0.325 e. The van der Waals surface area contributed by atoms with Crippen LogP contribution in [-0.2, 0) is 17.8 Å². The first kappa shape index (κ1) is 17.6. The molecule has 2 heterocycles. The molecule has 146 valence electrons. The van der Waals surface area contributed by atoms with Crippen molar-refractivity contribution in [3.63, 3.8) is 0 Å². The fraction of sp³-hybridized carbons (Fsp3) is 0.217. The zero-order valence-electron chi connectivity index (χ0n) is 16.0. The number of nitrogens with zero attached hydrogens (tertiary/aromatic N) is 1. The molecule has 0 unspecified atom stereocenters. The van der Waals surface area contributed by atoms with Gasteiger partial charge >= 0.3 is 6.03 Å². The first-order chi connectivity index (χ1) is 14.0. The maximum atomic E-state index is 13.2. The van der Waals surface area contributed by atoms with Crippen LogP contribution in [0.15, 0.2) is 60.7 Å². The number of carbonyl (C=O) groups excluding carboxylic acids is 2. The molecule has 0 aliphatic carbocycles. The summed E-state index contributed by atoms with van der Waals surface area (Å²) in [5.41, 5.74) is 0.839. The molecule has 1 N–H and O–H groups in total. The van der Waals surface area contributed by atoms with E-state index in [1.807, 2.05) is 60.7 Å². The molecule has 1 saturated heterocycles. The van der Waals surface area contributed by atoms with Gasteiger partial charge in [0.05, 0.1) is 6.54 Å². The van der Waals surface area contributed by atoms with Crippen molar-refractivity contribution in [1.29, 1.82) is 0 Å². The Morgan fingerprint density at radius 3 is 2.69 bits per heavy atom. The molecule has 6 nitrogen and oxygen atoms in total. The molecule has 0 radical (unpaired) electrons. The van der Waals surface area contributed by atoms with Crippen LogP contribution in [0.5, 0.6) is 11.5 Å². The highest BCUT2D eigenvalue weighted by Gasteiger charge is 2.47. The zero-order valence-corrected chi connectivity index (χ0v) is 16.0. The molecule has 0 saturated carbocycles. The number of carbonyl (C=O) groups is 2. The quantitative estimate of drug-likeness (QED) is 0.693. The van der Waals surface area contributed by atoms with Crippen molar-refractivity contribution in [2.45, 2.75) is 25.4 Å². The van der Waals surface area contributed by atoms with E-state index in [1.165, 1.54) is 4.90 Å². The van der Waals surface area contributed by atoms with Gasteiger partial charge < -0.3 is 14.8 Å². The fourth-order valence-electron chi connectivity index (χ4n) is 4.07.